The maximum atomic E-state index is 14.8. The standard InChI is InChI=1S/C37H43N3O7/c1-23(2)39-20-12-19-37-31(34(43)40(33(37)35(39)44)27(22-41)21-25-13-6-4-7-14-25)30-28(47-37)17-10-11-18-29(42)38-24(3)32(46-36(30)45)26-15-8-5-9-16-26/h4-10,12-17,19,23-24,27-28,30-33,41H,11,18,20-22H2,1-3H3,(H,38,42)/b17-10-/t24-,27-,28-,30+,31+,32+,33-,37+/m1/s1. The first kappa shape index (κ1) is 32.7. The highest BCUT2D eigenvalue weighted by atomic mass is 16.6. The zero-order valence-electron chi connectivity index (χ0n) is 27.0. The zero-order chi connectivity index (χ0) is 33.3. The van der Waals surface area contributed by atoms with E-state index in [1.165, 1.54) is 4.90 Å². The van der Waals surface area contributed by atoms with Crippen molar-refractivity contribution < 1.29 is 33.8 Å². The summed E-state index contributed by atoms with van der Waals surface area (Å²) >= 11 is 0. The molecule has 2 N–H and O–H groups in total. The maximum absolute atomic E-state index is 14.8. The Hall–Kier alpha value is -4.28. The lowest BCUT2D eigenvalue weighted by Gasteiger charge is -2.39. The predicted molar refractivity (Wildman–Crippen MR) is 173 cm³/mol. The van der Waals surface area contributed by atoms with Crippen molar-refractivity contribution in [2.24, 2.45) is 11.8 Å². The molecular weight excluding hydrogens is 598 g/mol. The number of amides is 3. The lowest BCUT2D eigenvalue weighted by molar-refractivity contribution is -0.162. The number of allylic oxidation sites excluding steroid dienone is 1. The van der Waals surface area contributed by atoms with Gasteiger partial charge in [-0.3, -0.25) is 19.2 Å². The number of carbonyl (C=O) groups excluding carboxylic acids is 4. The van der Waals surface area contributed by atoms with E-state index in [4.69, 9.17) is 9.47 Å². The largest absolute Gasteiger partial charge is 0.455 e. The molecule has 4 heterocycles. The third-order valence-corrected chi connectivity index (χ3v) is 9.85. The summed E-state index contributed by atoms with van der Waals surface area (Å²) in [7, 11) is 0. The minimum atomic E-state index is -1.48. The molecule has 2 fully saturated rings. The topological polar surface area (TPSA) is 125 Å². The molecule has 0 bridgehead atoms. The number of fused-ring (bicyclic) bond motifs is 2. The van der Waals surface area contributed by atoms with Gasteiger partial charge in [-0.1, -0.05) is 85.0 Å². The van der Waals surface area contributed by atoms with Crippen LogP contribution in [0.25, 0.3) is 0 Å². The highest BCUT2D eigenvalue weighted by molar-refractivity contribution is 5.99. The Balaban J connectivity index is 1.46. The Kier molecular flexibility index (Phi) is 9.34. The van der Waals surface area contributed by atoms with E-state index in [0.717, 1.165) is 5.56 Å². The SMILES string of the molecule is CC(C)N1CC=C[C@]23O[C@@H]4/C=C\CCC(=O)N[C@H](C)[C@@H](c5ccccc5)OC(=O)[C@@H]4[C@H]2C(=O)N([C@@H](CO)Cc2ccccc2)[C@@H]3C1=O. The first-order valence-corrected chi connectivity index (χ1v) is 16.5. The molecule has 2 aromatic rings. The van der Waals surface area contributed by atoms with Gasteiger partial charge in [0.05, 0.1) is 30.7 Å². The highest BCUT2D eigenvalue weighted by Crippen LogP contribution is 2.54. The second kappa shape index (κ2) is 13.4. The number of cyclic esters (lactones) is 1. The van der Waals surface area contributed by atoms with E-state index >= 15 is 0 Å². The van der Waals surface area contributed by atoms with E-state index in [2.05, 4.69) is 5.32 Å². The van der Waals surface area contributed by atoms with Crippen molar-refractivity contribution in [2.45, 2.75) is 82.0 Å². The summed E-state index contributed by atoms with van der Waals surface area (Å²) < 4.78 is 13.1. The average Bonchev–Trinajstić information content (AvgIpc) is 3.45. The molecule has 2 aromatic carbocycles. The number of ether oxygens (including phenoxy) is 2. The summed E-state index contributed by atoms with van der Waals surface area (Å²) in [6.07, 6.45) is 6.34. The van der Waals surface area contributed by atoms with Gasteiger partial charge in [0, 0.05) is 19.0 Å². The van der Waals surface area contributed by atoms with Gasteiger partial charge in [0.25, 0.3) is 0 Å². The second-order valence-electron chi connectivity index (χ2n) is 13.2. The van der Waals surface area contributed by atoms with Crippen molar-refractivity contribution in [3.63, 3.8) is 0 Å². The van der Waals surface area contributed by atoms with Crippen LogP contribution >= 0.6 is 0 Å². The van der Waals surface area contributed by atoms with Crippen LogP contribution in [0.2, 0.25) is 0 Å². The second-order valence-corrected chi connectivity index (χ2v) is 13.2. The lowest BCUT2D eigenvalue weighted by Crippen LogP contribution is -2.59. The predicted octanol–water partition coefficient (Wildman–Crippen LogP) is 3.12. The van der Waals surface area contributed by atoms with Crippen LogP contribution in [-0.2, 0) is 35.1 Å². The Labute approximate surface area is 275 Å². The van der Waals surface area contributed by atoms with Crippen LogP contribution in [-0.4, -0.2) is 87.6 Å². The minimum absolute atomic E-state index is 0.169. The minimum Gasteiger partial charge on any atom is -0.455 e. The van der Waals surface area contributed by atoms with Gasteiger partial charge in [0.15, 0.2) is 0 Å². The third kappa shape index (κ3) is 6.00. The van der Waals surface area contributed by atoms with E-state index in [1.807, 2.05) is 80.6 Å². The molecule has 248 valence electrons. The van der Waals surface area contributed by atoms with Crippen LogP contribution in [0.1, 0.15) is 50.8 Å². The van der Waals surface area contributed by atoms with Gasteiger partial charge in [-0.2, -0.15) is 0 Å². The molecule has 10 heteroatoms. The summed E-state index contributed by atoms with van der Waals surface area (Å²) in [4.78, 5) is 59.8. The molecule has 2 saturated heterocycles. The first-order valence-electron chi connectivity index (χ1n) is 16.5. The Morgan fingerprint density at radius 1 is 0.979 bits per heavy atom. The molecule has 3 amide bonds. The van der Waals surface area contributed by atoms with E-state index in [-0.39, 0.29) is 30.9 Å². The number of likely N-dealkylation sites (tertiary alicyclic amines) is 1. The van der Waals surface area contributed by atoms with Gasteiger partial charge >= 0.3 is 5.97 Å². The summed E-state index contributed by atoms with van der Waals surface area (Å²) in [6, 6.07) is 16.1. The van der Waals surface area contributed by atoms with E-state index in [9.17, 15) is 24.3 Å². The third-order valence-electron chi connectivity index (χ3n) is 9.85. The van der Waals surface area contributed by atoms with Gasteiger partial charge in [-0.15, -0.1) is 0 Å². The number of rotatable bonds is 6. The molecule has 0 saturated carbocycles. The fourth-order valence-electron chi connectivity index (χ4n) is 7.66. The number of carbonyl (C=O) groups is 4. The van der Waals surface area contributed by atoms with Crippen molar-refractivity contribution >= 4 is 23.7 Å². The number of aliphatic hydroxyl groups excluding tert-OH is 1. The average molecular weight is 642 g/mol. The Morgan fingerprint density at radius 3 is 2.36 bits per heavy atom. The Morgan fingerprint density at radius 2 is 1.68 bits per heavy atom. The number of aliphatic hydroxyl groups is 1. The summed E-state index contributed by atoms with van der Waals surface area (Å²) in [5, 5.41) is 13.7. The monoisotopic (exact) mass is 641 g/mol. The molecule has 1 spiro atoms. The van der Waals surface area contributed by atoms with Crippen LogP contribution in [0, 0.1) is 11.8 Å². The molecule has 0 aliphatic carbocycles. The quantitative estimate of drug-likeness (QED) is 0.367. The van der Waals surface area contributed by atoms with Gasteiger partial charge in [0.2, 0.25) is 17.7 Å². The molecule has 8 atom stereocenters. The number of benzene rings is 2. The van der Waals surface area contributed by atoms with Crippen molar-refractivity contribution in [1.29, 1.82) is 0 Å². The van der Waals surface area contributed by atoms with Crippen molar-refractivity contribution in [2.75, 3.05) is 13.2 Å². The Bertz CT molecular complexity index is 1540. The molecule has 0 radical (unpaired) electrons. The number of nitrogens with zero attached hydrogens (tertiary/aromatic N) is 2. The van der Waals surface area contributed by atoms with Crippen LogP contribution in [0.5, 0.6) is 0 Å². The van der Waals surface area contributed by atoms with E-state index in [1.54, 1.807) is 30.1 Å². The molecule has 0 aromatic heterocycles. The summed E-state index contributed by atoms with van der Waals surface area (Å²) in [5.74, 6) is -3.73. The van der Waals surface area contributed by atoms with Gasteiger partial charge in [0.1, 0.15) is 23.7 Å². The number of esters is 1. The van der Waals surface area contributed by atoms with Crippen LogP contribution < -0.4 is 5.32 Å². The first-order chi connectivity index (χ1) is 22.7. The van der Waals surface area contributed by atoms with Crippen molar-refractivity contribution in [3.05, 3.63) is 96.1 Å². The van der Waals surface area contributed by atoms with E-state index in [0.29, 0.717) is 24.9 Å². The lowest BCUT2D eigenvalue weighted by atomic mass is 9.77. The van der Waals surface area contributed by atoms with Crippen molar-refractivity contribution in [3.8, 4) is 0 Å². The normalized spacial score (nSPS) is 32.4. The molecule has 47 heavy (non-hydrogen) atoms. The molecule has 10 nitrogen and oxygen atoms in total. The molecular formula is C37H43N3O7. The fourth-order valence-corrected chi connectivity index (χ4v) is 7.66. The van der Waals surface area contributed by atoms with Gasteiger partial charge in [-0.05, 0) is 44.7 Å². The molecule has 4 aliphatic heterocycles. The van der Waals surface area contributed by atoms with Gasteiger partial charge in [-0.25, -0.2) is 0 Å². The molecule has 4 aliphatic rings. The van der Waals surface area contributed by atoms with Gasteiger partial charge < -0.3 is 29.7 Å². The van der Waals surface area contributed by atoms with Crippen LogP contribution in [0.3, 0.4) is 0 Å². The van der Waals surface area contributed by atoms with Crippen molar-refractivity contribution in [1.82, 2.24) is 15.1 Å². The summed E-state index contributed by atoms with van der Waals surface area (Å²) in [5.41, 5.74) is 0.114. The number of hydrogen-bond donors (Lipinski definition) is 2. The van der Waals surface area contributed by atoms with Crippen LogP contribution in [0.4, 0.5) is 0 Å². The molecule has 6 rings (SSSR count). The smallest absolute Gasteiger partial charge is 0.313 e. The van der Waals surface area contributed by atoms with Crippen LogP contribution in [0.15, 0.2) is 85.0 Å². The number of hydrogen-bond acceptors (Lipinski definition) is 7. The fraction of sp³-hybridized carbons (Fsp3) is 0.459. The highest BCUT2D eigenvalue weighted by Gasteiger charge is 2.72. The van der Waals surface area contributed by atoms with E-state index < -0.39 is 59.6 Å². The zero-order valence-corrected chi connectivity index (χ0v) is 27.0. The maximum Gasteiger partial charge on any atom is 0.313 e. The number of nitrogens with one attached hydrogen (secondary N) is 1. The molecule has 0 unspecified atom stereocenters. The summed E-state index contributed by atoms with van der Waals surface area (Å²) in [6.45, 7) is 5.55.